The van der Waals surface area contributed by atoms with E-state index >= 15 is 0 Å². The highest BCUT2D eigenvalue weighted by Crippen LogP contribution is 2.30. The van der Waals surface area contributed by atoms with Gasteiger partial charge in [0.05, 0.1) is 32.9 Å². The molecule has 0 bridgehead atoms. The molecular formula is C24H18Cl2N2O. The fourth-order valence-electron chi connectivity index (χ4n) is 3.27. The molecule has 5 heteroatoms. The van der Waals surface area contributed by atoms with Crippen LogP contribution in [-0.4, -0.2) is 10.9 Å². The molecule has 29 heavy (non-hydrogen) atoms. The zero-order valence-electron chi connectivity index (χ0n) is 15.7. The molecule has 0 unspecified atom stereocenters. The number of para-hydroxylation sites is 1. The zero-order chi connectivity index (χ0) is 20.4. The van der Waals surface area contributed by atoms with E-state index in [4.69, 9.17) is 28.2 Å². The number of benzene rings is 3. The number of carbonyl (C=O) groups is 1. The summed E-state index contributed by atoms with van der Waals surface area (Å²) >= 11 is 12.2. The number of pyridine rings is 1. The predicted molar refractivity (Wildman–Crippen MR) is 120 cm³/mol. The summed E-state index contributed by atoms with van der Waals surface area (Å²) in [6.07, 6.45) is 0. The molecule has 0 aliphatic rings. The number of nitrogens with one attached hydrogen (secondary N) is 1. The zero-order valence-corrected chi connectivity index (χ0v) is 17.2. The molecule has 0 radical (unpaired) electrons. The molecule has 3 nitrogen and oxygen atoms in total. The van der Waals surface area contributed by atoms with Crippen LogP contribution in [0.3, 0.4) is 0 Å². The fourth-order valence-corrected chi connectivity index (χ4v) is 3.56. The molecule has 4 aromatic rings. The Bertz CT molecular complexity index is 1190. The molecule has 1 aromatic heterocycles. The summed E-state index contributed by atoms with van der Waals surface area (Å²) in [5.41, 5.74) is 3.83. The number of amides is 1. The van der Waals surface area contributed by atoms with Crippen molar-refractivity contribution in [2.24, 2.45) is 0 Å². The van der Waals surface area contributed by atoms with Gasteiger partial charge in [-0.05, 0) is 36.8 Å². The van der Waals surface area contributed by atoms with E-state index in [0.717, 1.165) is 22.0 Å². The van der Waals surface area contributed by atoms with Crippen molar-refractivity contribution in [1.82, 2.24) is 10.3 Å². The normalized spacial score (nSPS) is 12.0. The number of aromatic nitrogens is 1. The second-order valence-electron chi connectivity index (χ2n) is 6.81. The molecule has 1 amide bonds. The Labute approximate surface area is 179 Å². The van der Waals surface area contributed by atoms with Crippen molar-refractivity contribution in [1.29, 1.82) is 0 Å². The van der Waals surface area contributed by atoms with Crippen molar-refractivity contribution in [3.05, 3.63) is 100 Å². The van der Waals surface area contributed by atoms with Gasteiger partial charge in [-0.2, -0.15) is 0 Å². The van der Waals surface area contributed by atoms with Crippen LogP contribution in [0.25, 0.3) is 22.2 Å². The molecule has 0 saturated heterocycles. The van der Waals surface area contributed by atoms with E-state index in [-0.39, 0.29) is 11.9 Å². The maximum absolute atomic E-state index is 13.2. The Morgan fingerprint density at radius 2 is 1.62 bits per heavy atom. The monoisotopic (exact) mass is 420 g/mol. The van der Waals surface area contributed by atoms with Crippen molar-refractivity contribution in [3.63, 3.8) is 0 Å². The van der Waals surface area contributed by atoms with Gasteiger partial charge in [-0.3, -0.25) is 4.79 Å². The van der Waals surface area contributed by atoms with Crippen LogP contribution >= 0.6 is 23.2 Å². The van der Waals surface area contributed by atoms with Crippen LogP contribution in [0.1, 0.15) is 28.9 Å². The number of halogens is 2. The van der Waals surface area contributed by atoms with Gasteiger partial charge in [0, 0.05) is 10.9 Å². The molecule has 0 aliphatic carbocycles. The molecule has 1 heterocycles. The molecule has 1 atom stereocenters. The first-order chi connectivity index (χ1) is 14.0. The minimum Gasteiger partial charge on any atom is -0.345 e. The van der Waals surface area contributed by atoms with Gasteiger partial charge in [0.1, 0.15) is 0 Å². The number of carbonyl (C=O) groups excluding carboxylic acids is 1. The number of fused-ring (bicyclic) bond motifs is 1. The van der Waals surface area contributed by atoms with Crippen molar-refractivity contribution < 1.29 is 4.79 Å². The van der Waals surface area contributed by atoms with Gasteiger partial charge in [-0.15, -0.1) is 0 Å². The molecule has 0 saturated carbocycles. The lowest BCUT2D eigenvalue weighted by atomic mass is 10.0. The second-order valence-corrected chi connectivity index (χ2v) is 7.62. The van der Waals surface area contributed by atoms with Gasteiger partial charge in [-0.1, -0.05) is 77.8 Å². The first kappa shape index (κ1) is 19.4. The molecule has 0 spiro atoms. The van der Waals surface area contributed by atoms with Gasteiger partial charge in [0.2, 0.25) is 0 Å². The second kappa shape index (κ2) is 8.24. The third-order valence-electron chi connectivity index (χ3n) is 4.82. The highest BCUT2D eigenvalue weighted by atomic mass is 35.5. The lowest BCUT2D eigenvalue weighted by molar-refractivity contribution is 0.0941. The summed E-state index contributed by atoms with van der Waals surface area (Å²) in [5, 5.41) is 4.81. The third-order valence-corrected chi connectivity index (χ3v) is 5.56. The van der Waals surface area contributed by atoms with Gasteiger partial charge in [0.25, 0.3) is 5.91 Å². The molecule has 1 N–H and O–H groups in total. The summed E-state index contributed by atoms with van der Waals surface area (Å²) < 4.78 is 0. The predicted octanol–water partition coefficient (Wildman–Crippen LogP) is 6.70. The van der Waals surface area contributed by atoms with E-state index in [2.05, 4.69) is 5.32 Å². The van der Waals surface area contributed by atoms with Gasteiger partial charge in [0.15, 0.2) is 0 Å². The molecule has 0 fully saturated rings. The fraction of sp³-hybridized carbons (Fsp3) is 0.0833. The van der Waals surface area contributed by atoms with Crippen LogP contribution in [0.5, 0.6) is 0 Å². The van der Waals surface area contributed by atoms with E-state index in [1.807, 2.05) is 67.6 Å². The Hall–Kier alpha value is -2.88. The van der Waals surface area contributed by atoms with Gasteiger partial charge >= 0.3 is 0 Å². The molecule has 3 aromatic carbocycles. The SMILES string of the molecule is C[C@@H](NC(=O)c1cc(-c2ccc(Cl)c(Cl)c2)nc2ccccc12)c1ccccc1. The number of hydrogen-bond acceptors (Lipinski definition) is 2. The van der Waals surface area contributed by atoms with Crippen molar-refractivity contribution in [3.8, 4) is 11.3 Å². The van der Waals surface area contributed by atoms with Crippen LogP contribution < -0.4 is 5.32 Å². The summed E-state index contributed by atoms with van der Waals surface area (Å²) in [4.78, 5) is 17.9. The minimum atomic E-state index is -0.152. The van der Waals surface area contributed by atoms with Crippen LogP contribution in [0, 0.1) is 0 Å². The van der Waals surface area contributed by atoms with Gasteiger partial charge < -0.3 is 5.32 Å². The van der Waals surface area contributed by atoms with Crippen molar-refractivity contribution >= 4 is 40.0 Å². The molecule has 0 aliphatic heterocycles. The quantitative estimate of drug-likeness (QED) is 0.398. The van der Waals surface area contributed by atoms with Crippen LogP contribution in [0.4, 0.5) is 0 Å². The summed E-state index contributed by atoms with van der Waals surface area (Å²) in [7, 11) is 0. The molecular weight excluding hydrogens is 403 g/mol. The lowest BCUT2D eigenvalue weighted by Gasteiger charge is -2.16. The lowest BCUT2D eigenvalue weighted by Crippen LogP contribution is -2.27. The van der Waals surface area contributed by atoms with E-state index in [1.54, 1.807) is 18.2 Å². The summed E-state index contributed by atoms with van der Waals surface area (Å²) in [5.74, 6) is -0.152. The first-order valence-corrected chi connectivity index (χ1v) is 9.99. The van der Waals surface area contributed by atoms with Crippen molar-refractivity contribution in [2.75, 3.05) is 0 Å². The van der Waals surface area contributed by atoms with Crippen LogP contribution in [0.15, 0.2) is 78.9 Å². The number of nitrogens with zero attached hydrogens (tertiary/aromatic N) is 1. The Morgan fingerprint density at radius 3 is 2.38 bits per heavy atom. The van der Waals surface area contributed by atoms with Crippen LogP contribution in [0.2, 0.25) is 10.0 Å². The van der Waals surface area contributed by atoms with E-state index in [9.17, 15) is 4.79 Å². The maximum atomic E-state index is 13.2. The Morgan fingerprint density at radius 1 is 0.897 bits per heavy atom. The third kappa shape index (κ3) is 4.12. The largest absolute Gasteiger partial charge is 0.345 e. The minimum absolute atomic E-state index is 0.121. The average Bonchev–Trinajstić information content (AvgIpc) is 2.75. The van der Waals surface area contributed by atoms with Crippen LogP contribution in [-0.2, 0) is 0 Å². The summed E-state index contributed by atoms with van der Waals surface area (Å²) in [6.45, 7) is 1.97. The summed E-state index contributed by atoms with van der Waals surface area (Å²) in [6, 6.07) is 24.5. The highest BCUT2D eigenvalue weighted by molar-refractivity contribution is 6.42. The Kier molecular flexibility index (Phi) is 5.52. The molecule has 4 rings (SSSR count). The smallest absolute Gasteiger partial charge is 0.252 e. The number of rotatable bonds is 4. The maximum Gasteiger partial charge on any atom is 0.252 e. The van der Waals surface area contributed by atoms with Gasteiger partial charge in [-0.25, -0.2) is 4.98 Å². The first-order valence-electron chi connectivity index (χ1n) is 9.24. The standard InChI is InChI=1S/C24H18Cl2N2O/c1-15(16-7-3-2-4-8-16)27-24(29)19-14-23(17-11-12-20(25)21(26)13-17)28-22-10-6-5-9-18(19)22/h2-15H,1H3,(H,27,29)/t15-/m1/s1. The Balaban J connectivity index is 1.76. The van der Waals surface area contributed by atoms with E-state index in [1.165, 1.54) is 0 Å². The number of hydrogen-bond donors (Lipinski definition) is 1. The van der Waals surface area contributed by atoms with Crippen molar-refractivity contribution in [2.45, 2.75) is 13.0 Å². The topological polar surface area (TPSA) is 42.0 Å². The van der Waals surface area contributed by atoms with E-state index < -0.39 is 0 Å². The molecule has 144 valence electrons. The highest BCUT2D eigenvalue weighted by Gasteiger charge is 2.17. The average molecular weight is 421 g/mol. The van der Waals surface area contributed by atoms with E-state index in [0.29, 0.717) is 21.3 Å².